The quantitative estimate of drug-likeness (QED) is 0.777. The van der Waals surface area contributed by atoms with Crippen molar-refractivity contribution in [1.82, 2.24) is 4.90 Å². The molecular formula is C16H23NO2. The molecule has 5 fully saturated rings. The second kappa shape index (κ2) is 3.55. The topological polar surface area (TPSA) is 40.5 Å². The fraction of sp³-hybridized carbons (Fsp3) is 0.938. The van der Waals surface area contributed by atoms with Gasteiger partial charge in [0.25, 0.3) is 0 Å². The predicted molar refractivity (Wildman–Crippen MR) is 70.1 cm³/mol. The summed E-state index contributed by atoms with van der Waals surface area (Å²) >= 11 is 0. The van der Waals surface area contributed by atoms with Gasteiger partial charge in [0, 0.05) is 24.9 Å². The largest absolute Gasteiger partial charge is 0.393 e. The SMILES string of the molecule is O=C(C1C2C3CCC(C3)C12)N1CC2CCC(O)C2C1. The maximum absolute atomic E-state index is 12.7. The van der Waals surface area contributed by atoms with Crippen molar-refractivity contribution in [1.29, 1.82) is 0 Å². The first kappa shape index (κ1) is 11.1. The van der Waals surface area contributed by atoms with Crippen LogP contribution in [0.1, 0.15) is 32.1 Å². The van der Waals surface area contributed by atoms with Crippen LogP contribution in [0.25, 0.3) is 0 Å². The van der Waals surface area contributed by atoms with Gasteiger partial charge in [0.2, 0.25) is 5.91 Å². The third-order valence-corrected chi connectivity index (χ3v) is 7.15. The number of aliphatic hydroxyl groups excluding tert-OH is 1. The molecule has 1 amide bonds. The molecule has 0 radical (unpaired) electrons. The fourth-order valence-electron chi connectivity index (χ4n) is 6.28. The van der Waals surface area contributed by atoms with Gasteiger partial charge in [-0.15, -0.1) is 0 Å². The highest BCUT2D eigenvalue weighted by molar-refractivity contribution is 5.83. The smallest absolute Gasteiger partial charge is 0.226 e. The molecule has 4 saturated carbocycles. The van der Waals surface area contributed by atoms with E-state index in [0.717, 1.165) is 49.6 Å². The number of carbonyl (C=O) groups excluding carboxylic acids is 1. The summed E-state index contributed by atoms with van der Waals surface area (Å²) < 4.78 is 0. The Morgan fingerprint density at radius 2 is 1.63 bits per heavy atom. The van der Waals surface area contributed by atoms with Crippen LogP contribution in [0.5, 0.6) is 0 Å². The molecule has 0 aromatic rings. The van der Waals surface area contributed by atoms with E-state index >= 15 is 0 Å². The van der Waals surface area contributed by atoms with Gasteiger partial charge in [0.1, 0.15) is 0 Å². The normalized spacial score (nSPS) is 57.4. The van der Waals surface area contributed by atoms with Gasteiger partial charge in [0.15, 0.2) is 0 Å². The van der Waals surface area contributed by atoms with Crippen molar-refractivity contribution in [3.63, 3.8) is 0 Å². The number of aliphatic hydroxyl groups is 1. The van der Waals surface area contributed by atoms with Gasteiger partial charge in [-0.2, -0.15) is 0 Å². The minimum Gasteiger partial charge on any atom is -0.393 e. The highest BCUT2D eigenvalue weighted by atomic mass is 16.3. The molecule has 1 saturated heterocycles. The van der Waals surface area contributed by atoms with E-state index < -0.39 is 0 Å². The highest BCUT2D eigenvalue weighted by Crippen LogP contribution is 2.69. The lowest BCUT2D eigenvalue weighted by molar-refractivity contribution is -0.133. The molecular weight excluding hydrogens is 238 g/mol. The Kier molecular flexibility index (Phi) is 2.08. The Bertz CT molecular complexity index is 420. The van der Waals surface area contributed by atoms with E-state index in [4.69, 9.17) is 0 Å². The van der Waals surface area contributed by atoms with E-state index in [1.165, 1.54) is 19.3 Å². The van der Waals surface area contributed by atoms with Crippen molar-refractivity contribution in [2.75, 3.05) is 13.1 Å². The van der Waals surface area contributed by atoms with E-state index in [-0.39, 0.29) is 6.10 Å². The van der Waals surface area contributed by atoms with Gasteiger partial charge in [0.05, 0.1) is 6.10 Å². The highest BCUT2D eigenvalue weighted by Gasteiger charge is 2.68. The van der Waals surface area contributed by atoms with Gasteiger partial charge in [-0.25, -0.2) is 0 Å². The van der Waals surface area contributed by atoms with Crippen LogP contribution < -0.4 is 0 Å². The van der Waals surface area contributed by atoms with Crippen molar-refractivity contribution >= 4 is 5.91 Å². The molecule has 104 valence electrons. The summed E-state index contributed by atoms with van der Waals surface area (Å²) in [6.45, 7) is 1.78. The summed E-state index contributed by atoms with van der Waals surface area (Å²) in [5.74, 6) is 5.12. The van der Waals surface area contributed by atoms with Crippen LogP contribution in [-0.4, -0.2) is 35.1 Å². The first-order chi connectivity index (χ1) is 9.24. The number of fused-ring (bicyclic) bond motifs is 6. The minimum atomic E-state index is -0.141. The molecule has 2 bridgehead atoms. The molecule has 5 rings (SSSR count). The predicted octanol–water partition coefficient (Wildman–Crippen LogP) is 1.51. The number of amides is 1. The molecule has 3 heteroatoms. The lowest BCUT2D eigenvalue weighted by Gasteiger charge is -2.20. The molecule has 5 aliphatic rings. The van der Waals surface area contributed by atoms with Gasteiger partial charge >= 0.3 is 0 Å². The average Bonchev–Trinajstić information content (AvgIpc) is 2.86. The van der Waals surface area contributed by atoms with Crippen molar-refractivity contribution in [2.45, 2.75) is 38.2 Å². The molecule has 1 aliphatic heterocycles. The van der Waals surface area contributed by atoms with Crippen LogP contribution >= 0.6 is 0 Å². The van der Waals surface area contributed by atoms with E-state index in [2.05, 4.69) is 4.90 Å². The zero-order valence-electron chi connectivity index (χ0n) is 11.4. The fourth-order valence-corrected chi connectivity index (χ4v) is 6.28. The second-order valence-corrected chi connectivity index (χ2v) is 7.83. The Morgan fingerprint density at radius 1 is 0.947 bits per heavy atom. The first-order valence-electron chi connectivity index (χ1n) is 8.21. The van der Waals surface area contributed by atoms with Crippen LogP contribution in [0.2, 0.25) is 0 Å². The van der Waals surface area contributed by atoms with Crippen molar-refractivity contribution < 1.29 is 9.90 Å². The zero-order chi connectivity index (χ0) is 12.7. The maximum Gasteiger partial charge on any atom is 0.226 e. The lowest BCUT2D eigenvalue weighted by atomic mass is 10.00. The number of likely N-dealkylation sites (tertiary alicyclic amines) is 1. The Hall–Kier alpha value is -0.570. The molecule has 7 unspecified atom stereocenters. The molecule has 19 heavy (non-hydrogen) atoms. The maximum atomic E-state index is 12.7. The summed E-state index contributed by atoms with van der Waals surface area (Å²) in [7, 11) is 0. The minimum absolute atomic E-state index is 0.141. The summed E-state index contributed by atoms with van der Waals surface area (Å²) in [6, 6.07) is 0. The van der Waals surface area contributed by atoms with Gasteiger partial charge < -0.3 is 10.0 Å². The van der Waals surface area contributed by atoms with Crippen LogP contribution in [0.3, 0.4) is 0 Å². The van der Waals surface area contributed by atoms with Crippen molar-refractivity contribution in [3.05, 3.63) is 0 Å². The number of rotatable bonds is 1. The van der Waals surface area contributed by atoms with Crippen LogP contribution in [0, 0.1) is 41.4 Å². The van der Waals surface area contributed by atoms with Crippen molar-refractivity contribution in [2.24, 2.45) is 41.4 Å². The standard InChI is InChI=1S/C16H23NO2/c18-12-4-3-10-6-17(7-11(10)12)16(19)15-13-8-1-2-9(5-8)14(13)15/h8-15,18H,1-7H2. The van der Waals surface area contributed by atoms with Crippen molar-refractivity contribution in [3.8, 4) is 0 Å². The Morgan fingerprint density at radius 3 is 2.32 bits per heavy atom. The van der Waals surface area contributed by atoms with Crippen LogP contribution in [-0.2, 0) is 4.79 Å². The summed E-state index contributed by atoms with van der Waals surface area (Å²) in [6.07, 6.45) is 6.13. The number of hydrogen-bond acceptors (Lipinski definition) is 2. The molecule has 3 nitrogen and oxygen atoms in total. The molecule has 1 heterocycles. The third kappa shape index (κ3) is 1.35. The molecule has 0 aromatic heterocycles. The molecule has 7 atom stereocenters. The summed E-state index contributed by atoms with van der Waals surface area (Å²) in [4.78, 5) is 14.8. The van der Waals surface area contributed by atoms with E-state index in [1.807, 2.05) is 0 Å². The molecule has 4 aliphatic carbocycles. The van der Waals surface area contributed by atoms with Crippen LogP contribution in [0.15, 0.2) is 0 Å². The second-order valence-electron chi connectivity index (χ2n) is 7.83. The number of hydrogen-bond donors (Lipinski definition) is 1. The lowest BCUT2D eigenvalue weighted by Crippen LogP contribution is -2.33. The van der Waals surface area contributed by atoms with Gasteiger partial charge in [-0.1, -0.05) is 0 Å². The van der Waals surface area contributed by atoms with Crippen LogP contribution in [0.4, 0.5) is 0 Å². The Balaban J connectivity index is 1.30. The summed E-state index contributed by atoms with van der Waals surface area (Å²) in [5, 5.41) is 9.97. The molecule has 0 spiro atoms. The zero-order valence-corrected chi connectivity index (χ0v) is 11.4. The first-order valence-corrected chi connectivity index (χ1v) is 8.21. The summed E-state index contributed by atoms with van der Waals surface area (Å²) in [5.41, 5.74) is 0. The molecule has 0 aromatic carbocycles. The number of carbonyl (C=O) groups is 1. The average molecular weight is 261 g/mol. The van der Waals surface area contributed by atoms with E-state index in [9.17, 15) is 9.90 Å². The monoisotopic (exact) mass is 261 g/mol. The molecule has 1 N–H and O–H groups in total. The van der Waals surface area contributed by atoms with E-state index in [1.54, 1.807) is 0 Å². The van der Waals surface area contributed by atoms with Gasteiger partial charge in [-0.05, 0) is 61.7 Å². The van der Waals surface area contributed by atoms with Gasteiger partial charge in [-0.3, -0.25) is 4.79 Å². The third-order valence-electron chi connectivity index (χ3n) is 7.15. The van der Waals surface area contributed by atoms with E-state index in [0.29, 0.717) is 23.7 Å². The Labute approximate surface area is 114 Å². The number of nitrogens with zero attached hydrogens (tertiary/aromatic N) is 1.